The number of hydrogen-bond acceptors (Lipinski definition) is 2. The van der Waals surface area contributed by atoms with Gasteiger partial charge in [-0.3, -0.25) is 0 Å². The fraction of sp³-hybridized carbons (Fsp3) is 0.667. The maximum atomic E-state index is 3.40. The highest BCUT2D eigenvalue weighted by molar-refractivity contribution is 7.09. The lowest BCUT2D eigenvalue weighted by atomic mass is 10.0. The van der Waals surface area contributed by atoms with Gasteiger partial charge in [0.15, 0.2) is 0 Å². The first-order valence-electron chi connectivity index (χ1n) is 5.42. The summed E-state index contributed by atoms with van der Waals surface area (Å²) >= 11 is 1.86. The third-order valence-corrected chi connectivity index (χ3v) is 3.43. The van der Waals surface area contributed by atoms with Crippen molar-refractivity contribution in [3.8, 4) is 0 Å². The number of hydrogen-bond donors (Lipinski definition) is 1. The summed E-state index contributed by atoms with van der Waals surface area (Å²) in [6.07, 6.45) is 3.78. The highest BCUT2D eigenvalue weighted by Crippen LogP contribution is 2.15. The standard InChI is InChI=1S/C12H21NS/c1-10(2)6-7-11(13-3)9-12-5-4-8-14-12/h4-5,8,10-11,13H,6-7,9H2,1-3H3. The van der Waals surface area contributed by atoms with Crippen LogP contribution < -0.4 is 5.32 Å². The molecule has 80 valence electrons. The van der Waals surface area contributed by atoms with E-state index in [2.05, 4.69) is 43.7 Å². The number of thiophene rings is 1. The van der Waals surface area contributed by atoms with Gasteiger partial charge in [-0.2, -0.15) is 0 Å². The Morgan fingerprint density at radius 1 is 1.36 bits per heavy atom. The Labute approximate surface area is 91.5 Å². The Balaban J connectivity index is 2.32. The molecule has 1 rings (SSSR count). The van der Waals surface area contributed by atoms with Crippen molar-refractivity contribution in [2.75, 3.05) is 7.05 Å². The van der Waals surface area contributed by atoms with Crippen molar-refractivity contribution in [2.24, 2.45) is 5.92 Å². The molecular weight excluding hydrogens is 190 g/mol. The molecule has 0 bridgehead atoms. The van der Waals surface area contributed by atoms with Gasteiger partial charge in [0.05, 0.1) is 0 Å². The predicted molar refractivity (Wildman–Crippen MR) is 64.9 cm³/mol. The molecule has 0 amide bonds. The lowest BCUT2D eigenvalue weighted by Gasteiger charge is -2.16. The van der Waals surface area contributed by atoms with Crippen LogP contribution >= 0.6 is 11.3 Å². The van der Waals surface area contributed by atoms with Crippen LogP contribution in [0.15, 0.2) is 17.5 Å². The van der Waals surface area contributed by atoms with Gasteiger partial charge < -0.3 is 5.32 Å². The maximum Gasteiger partial charge on any atom is 0.0112 e. The molecule has 2 heteroatoms. The van der Waals surface area contributed by atoms with Crippen LogP contribution in [-0.2, 0) is 6.42 Å². The molecule has 1 atom stereocenters. The Bertz CT molecular complexity index is 228. The summed E-state index contributed by atoms with van der Waals surface area (Å²) in [7, 11) is 2.07. The van der Waals surface area contributed by atoms with E-state index in [0.717, 1.165) is 5.92 Å². The normalized spacial score (nSPS) is 13.4. The summed E-state index contributed by atoms with van der Waals surface area (Å²) in [5.41, 5.74) is 0. The van der Waals surface area contributed by atoms with E-state index in [9.17, 15) is 0 Å². The minimum absolute atomic E-state index is 0.649. The van der Waals surface area contributed by atoms with E-state index in [1.54, 1.807) is 0 Å². The topological polar surface area (TPSA) is 12.0 Å². The highest BCUT2D eigenvalue weighted by atomic mass is 32.1. The molecule has 0 saturated carbocycles. The predicted octanol–water partition coefficient (Wildman–Crippen LogP) is 3.31. The highest BCUT2D eigenvalue weighted by Gasteiger charge is 2.08. The molecule has 1 aromatic heterocycles. The summed E-state index contributed by atoms with van der Waals surface area (Å²) in [5.74, 6) is 0.814. The van der Waals surface area contributed by atoms with Crippen LogP contribution in [0.3, 0.4) is 0 Å². The van der Waals surface area contributed by atoms with Crippen molar-refractivity contribution in [1.82, 2.24) is 5.32 Å². The largest absolute Gasteiger partial charge is 0.317 e. The number of nitrogens with one attached hydrogen (secondary N) is 1. The fourth-order valence-electron chi connectivity index (χ4n) is 1.55. The van der Waals surface area contributed by atoms with Crippen LogP contribution in [0.5, 0.6) is 0 Å². The van der Waals surface area contributed by atoms with Crippen LogP contribution in [0.1, 0.15) is 31.6 Å². The van der Waals surface area contributed by atoms with Crippen LogP contribution in [0.25, 0.3) is 0 Å². The van der Waals surface area contributed by atoms with Gasteiger partial charge in [-0.1, -0.05) is 19.9 Å². The monoisotopic (exact) mass is 211 g/mol. The van der Waals surface area contributed by atoms with E-state index in [1.807, 2.05) is 11.3 Å². The lowest BCUT2D eigenvalue weighted by molar-refractivity contribution is 0.452. The van der Waals surface area contributed by atoms with Crippen LogP contribution in [0.4, 0.5) is 0 Å². The molecule has 1 aromatic rings. The molecule has 0 saturated heterocycles. The molecule has 0 aromatic carbocycles. The zero-order chi connectivity index (χ0) is 10.4. The Morgan fingerprint density at radius 3 is 2.64 bits per heavy atom. The number of likely N-dealkylation sites (N-methyl/N-ethyl adjacent to an activating group) is 1. The summed E-state index contributed by atoms with van der Waals surface area (Å²) < 4.78 is 0. The van der Waals surface area contributed by atoms with Crippen molar-refractivity contribution in [2.45, 2.75) is 39.2 Å². The zero-order valence-electron chi connectivity index (χ0n) is 9.42. The van der Waals surface area contributed by atoms with Gasteiger partial charge in [-0.15, -0.1) is 11.3 Å². The SMILES string of the molecule is CNC(CCC(C)C)Cc1cccs1. The second kappa shape index (κ2) is 6.20. The summed E-state index contributed by atoms with van der Waals surface area (Å²) in [6, 6.07) is 5.01. The van der Waals surface area contributed by atoms with Crippen LogP contribution in [0, 0.1) is 5.92 Å². The third-order valence-electron chi connectivity index (χ3n) is 2.53. The molecule has 0 radical (unpaired) electrons. The average molecular weight is 211 g/mol. The van der Waals surface area contributed by atoms with Gasteiger partial charge in [0.2, 0.25) is 0 Å². The van der Waals surface area contributed by atoms with E-state index in [-0.39, 0.29) is 0 Å². The van der Waals surface area contributed by atoms with Gasteiger partial charge in [0.25, 0.3) is 0 Å². The Kier molecular flexibility index (Phi) is 5.20. The van der Waals surface area contributed by atoms with E-state index in [0.29, 0.717) is 6.04 Å². The van der Waals surface area contributed by atoms with Crippen molar-refractivity contribution in [1.29, 1.82) is 0 Å². The maximum absolute atomic E-state index is 3.40. The van der Waals surface area contributed by atoms with E-state index >= 15 is 0 Å². The molecule has 1 N–H and O–H groups in total. The molecule has 0 spiro atoms. The Morgan fingerprint density at radius 2 is 2.14 bits per heavy atom. The summed E-state index contributed by atoms with van der Waals surface area (Å²) in [5, 5.41) is 5.56. The summed E-state index contributed by atoms with van der Waals surface area (Å²) in [4.78, 5) is 1.49. The number of rotatable bonds is 6. The van der Waals surface area contributed by atoms with Gasteiger partial charge in [-0.05, 0) is 43.7 Å². The molecule has 1 heterocycles. The quantitative estimate of drug-likeness (QED) is 0.761. The van der Waals surface area contributed by atoms with Crippen molar-refractivity contribution in [3.63, 3.8) is 0 Å². The van der Waals surface area contributed by atoms with Gasteiger partial charge >= 0.3 is 0 Å². The smallest absolute Gasteiger partial charge is 0.0112 e. The van der Waals surface area contributed by atoms with Gasteiger partial charge in [-0.25, -0.2) is 0 Å². The van der Waals surface area contributed by atoms with Crippen LogP contribution in [-0.4, -0.2) is 13.1 Å². The summed E-state index contributed by atoms with van der Waals surface area (Å²) in [6.45, 7) is 4.58. The molecule has 0 aliphatic carbocycles. The molecule has 0 aliphatic rings. The van der Waals surface area contributed by atoms with Crippen LogP contribution in [0.2, 0.25) is 0 Å². The molecule has 1 unspecified atom stereocenters. The van der Waals surface area contributed by atoms with Gasteiger partial charge in [0, 0.05) is 10.9 Å². The molecular formula is C12H21NS. The molecule has 0 aliphatic heterocycles. The first-order valence-corrected chi connectivity index (χ1v) is 6.30. The zero-order valence-corrected chi connectivity index (χ0v) is 10.2. The minimum Gasteiger partial charge on any atom is -0.317 e. The molecule has 1 nitrogen and oxygen atoms in total. The van der Waals surface area contributed by atoms with E-state index < -0.39 is 0 Å². The second-order valence-electron chi connectivity index (χ2n) is 4.24. The molecule has 14 heavy (non-hydrogen) atoms. The van der Waals surface area contributed by atoms with Gasteiger partial charge in [0.1, 0.15) is 0 Å². The van der Waals surface area contributed by atoms with E-state index in [4.69, 9.17) is 0 Å². The average Bonchev–Trinajstić information content (AvgIpc) is 2.64. The lowest BCUT2D eigenvalue weighted by Crippen LogP contribution is -2.27. The minimum atomic E-state index is 0.649. The van der Waals surface area contributed by atoms with Crippen molar-refractivity contribution < 1.29 is 0 Å². The second-order valence-corrected chi connectivity index (χ2v) is 5.27. The fourth-order valence-corrected chi connectivity index (χ4v) is 2.34. The molecule has 0 fully saturated rings. The first kappa shape index (κ1) is 11.7. The Hall–Kier alpha value is -0.340. The van der Waals surface area contributed by atoms with E-state index in [1.165, 1.54) is 24.1 Å². The third kappa shape index (κ3) is 4.25. The van der Waals surface area contributed by atoms with Crippen molar-refractivity contribution >= 4 is 11.3 Å². The first-order chi connectivity index (χ1) is 6.72. The van der Waals surface area contributed by atoms with Crippen molar-refractivity contribution in [3.05, 3.63) is 22.4 Å².